The molecule has 2 aromatic heterocycles. The van der Waals surface area contributed by atoms with E-state index in [0.29, 0.717) is 26.2 Å². The van der Waals surface area contributed by atoms with Crippen molar-refractivity contribution in [2.24, 2.45) is 0 Å². The molecule has 4 rings (SSSR count). The van der Waals surface area contributed by atoms with Gasteiger partial charge in [0.15, 0.2) is 5.82 Å². The Morgan fingerprint density at radius 2 is 1.79 bits per heavy atom. The quantitative estimate of drug-likeness (QED) is 0.633. The van der Waals surface area contributed by atoms with Gasteiger partial charge in [-0.1, -0.05) is 18.2 Å². The summed E-state index contributed by atoms with van der Waals surface area (Å²) < 4.78 is 12.9. The van der Waals surface area contributed by atoms with Gasteiger partial charge in [-0.25, -0.2) is 4.39 Å². The molecular weight excluding hydrogens is 375 g/mol. The number of hydrogen-bond donors (Lipinski definition) is 0. The highest BCUT2D eigenvalue weighted by Crippen LogP contribution is 2.23. The number of halogens is 1. The second-order valence-electron chi connectivity index (χ2n) is 6.45. The van der Waals surface area contributed by atoms with Gasteiger partial charge in [0.2, 0.25) is 5.91 Å². The SMILES string of the molecule is O=C(/C=C/c1ccc(F)cc1)N1CCN(c2ccc(-c3cccs3)nn2)CC1. The van der Waals surface area contributed by atoms with E-state index in [0.717, 1.165) is 22.0 Å². The molecule has 0 radical (unpaired) electrons. The smallest absolute Gasteiger partial charge is 0.246 e. The molecular formula is C21H19FN4OS. The molecule has 1 aliphatic heterocycles. The Hall–Kier alpha value is -3.06. The third-order valence-corrected chi connectivity index (χ3v) is 5.52. The van der Waals surface area contributed by atoms with E-state index < -0.39 is 0 Å². The van der Waals surface area contributed by atoms with Gasteiger partial charge in [0.25, 0.3) is 0 Å². The van der Waals surface area contributed by atoms with Gasteiger partial charge in [0.1, 0.15) is 11.5 Å². The van der Waals surface area contributed by atoms with Crippen LogP contribution in [0.25, 0.3) is 16.6 Å². The normalized spacial score (nSPS) is 14.6. The number of amides is 1. The molecule has 3 heterocycles. The standard InChI is InChI=1S/C21H19FN4OS/c22-17-6-3-16(4-7-17)5-10-21(27)26-13-11-25(12-14-26)20-9-8-18(23-24-20)19-2-1-15-28-19/h1-10,15H,11-14H2/b10-5+. The number of thiophene rings is 1. The second-order valence-corrected chi connectivity index (χ2v) is 7.40. The van der Waals surface area contributed by atoms with Crippen LogP contribution in [-0.4, -0.2) is 47.2 Å². The van der Waals surface area contributed by atoms with E-state index in [1.54, 1.807) is 35.6 Å². The average Bonchev–Trinajstić information content (AvgIpc) is 3.28. The monoisotopic (exact) mass is 394 g/mol. The Balaban J connectivity index is 1.32. The molecule has 0 aliphatic carbocycles. The third kappa shape index (κ3) is 4.26. The zero-order valence-electron chi connectivity index (χ0n) is 15.2. The van der Waals surface area contributed by atoms with Gasteiger partial charge >= 0.3 is 0 Å². The van der Waals surface area contributed by atoms with E-state index in [-0.39, 0.29) is 11.7 Å². The van der Waals surface area contributed by atoms with Gasteiger partial charge in [0, 0.05) is 32.3 Å². The van der Waals surface area contributed by atoms with Crippen molar-refractivity contribution < 1.29 is 9.18 Å². The number of hydrogen-bond acceptors (Lipinski definition) is 5. The zero-order valence-corrected chi connectivity index (χ0v) is 16.0. The summed E-state index contributed by atoms with van der Waals surface area (Å²) >= 11 is 1.64. The lowest BCUT2D eigenvalue weighted by atomic mass is 10.2. The van der Waals surface area contributed by atoms with Crippen molar-refractivity contribution in [2.45, 2.75) is 0 Å². The van der Waals surface area contributed by atoms with Crippen LogP contribution in [0.15, 0.2) is 60.0 Å². The van der Waals surface area contributed by atoms with Crippen LogP contribution in [-0.2, 0) is 4.79 Å². The van der Waals surface area contributed by atoms with Gasteiger partial charge in [-0.2, -0.15) is 0 Å². The highest BCUT2D eigenvalue weighted by molar-refractivity contribution is 7.13. The van der Waals surface area contributed by atoms with Crippen molar-refractivity contribution in [3.8, 4) is 10.6 Å². The number of rotatable bonds is 4. The molecule has 1 aromatic carbocycles. The van der Waals surface area contributed by atoms with E-state index in [4.69, 9.17) is 0 Å². The summed E-state index contributed by atoms with van der Waals surface area (Å²) in [5.41, 5.74) is 1.67. The maximum atomic E-state index is 12.9. The van der Waals surface area contributed by atoms with E-state index in [1.165, 1.54) is 12.1 Å². The molecule has 1 amide bonds. The largest absolute Gasteiger partial charge is 0.352 e. The molecule has 1 saturated heterocycles. The molecule has 0 N–H and O–H groups in total. The van der Waals surface area contributed by atoms with Crippen molar-refractivity contribution in [1.82, 2.24) is 15.1 Å². The van der Waals surface area contributed by atoms with Crippen molar-refractivity contribution in [3.63, 3.8) is 0 Å². The topological polar surface area (TPSA) is 49.3 Å². The van der Waals surface area contributed by atoms with Crippen molar-refractivity contribution in [1.29, 1.82) is 0 Å². The van der Waals surface area contributed by atoms with E-state index in [9.17, 15) is 9.18 Å². The Labute approximate surface area is 166 Å². The van der Waals surface area contributed by atoms with Crippen LogP contribution < -0.4 is 4.90 Å². The van der Waals surface area contributed by atoms with E-state index >= 15 is 0 Å². The van der Waals surface area contributed by atoms with Gasteiger partial charge in [-0.05, 0) is 47.4 Å². The van der Waals surface area contributed by atoms with Gasteiger partial charge in [-0.3, -0.25) is 4.79 Å². The highest BCUT2D eigenvalue weighted by atomic mass is 32.1. The van der Waals surface area contributed by atoms with Crippen LogP contribution in [0.1, 0.15) is 5.56 Å². The van der Waals surface area contributed by atoms with Crippen LogP contribution in [0.3, 0.4) is 0 Å². The van der Waals surface area contributed by atoms with Crippen LogP contribution in [0, 0.1) is 5.82 Å². The molecule has 0 saturated carbocycles. The predicted molar refractivity (Wildman–Crippen MR) is 110 cm³/mol. The van der Waals surface area contributed by atoms with Crippen LogP contribution >= 0.6 is 11.3 Å². The molecule has 3 aromatic rings. The number of piperazine rings is 1. The Morgan fingerprint density at radius 1 is 1.00 bits per heavy atom. The van der Waals surface area contributed by atoms with Gasteiger partial charge in [0.05, 0.1) is 4.88 Å². The second kappa shape index (κ2) is 8.31. The highest BCUT2D eigenvalue weighted by Gasteiger charge is 2.20. The van der Waals surface area contributed by atoms with Gasteiger partial charge in [-0.15, -0.1) is 21.5 Å². The molecule has 28 heavy (non-hydrogen) atoms. The average molecular weight is 394 g/mol. The number of carbonyl (C=O) groups is 1. The molecule has 0 spiro atoms. The maximum absolute atomic E-state index is 12.9. The first-order valence-electron chi connectivity index (χ1n) is 9.04. The van der Waals surface area contributed by atoms with Crippen LogP contribution in [0.2, 0.25) is 0 Å². The Morgan fingerprint density at radius 3 is 2.43 bits per heavy atom. The maximum Gasteiger partial charge on any atom is 0.246 e. The summed E-state index contributed by atoms with van der Waals surface area (Å²) in [6, 6.07) is 14.0. The number of nitrogens with zero attached hydrogens (tertiary/aromatic N) is 4. The number of anilines is 1. The lowest BCUT2D eigenvalue weighted by Crippen LogP contribution is -2.48. The van der Waals surface area contributed by atoms with Gasteiger partial charge < -0.3 is 9.80 Å². The minimum absolute atomic E-state index is 0.0388. The Bertz CT molecular complexity index is 947. The molecule has 0 unspecified atom stereocenters. The van der Waals surface area contributed by atoms with Crippen molar-refractivity contribution in [2.75, 3.05) is 31.1 Å². The number of benzene rings is 1. The third-order valence-electron chi connectivity index (χ3n) is 4.63. The molecule has 0 atom stereocenters. The summed E-state index contributed by atoms with van der Waals surface area (Å²) in [6.07, 6.45) is 3.25. The minimum Gasteiger partial charge on any atom is -0.352 e. The summed E-state index contributed by atoms with van der Waals surface area (Å²) in [6.45, 7) is 2.67. The summed E-state index contributed by atoms with van der Waals surface area (Å²) in [7, 11) is 0. The minimum atomic E-state index is -0.286. The van der Waals surface area contributed by atoms with Crippen molar-refractivity contribution >= 4 is 29.1 Å². The summed E-state index contributed by atoms with van der Waals surface area (Å²) in [5.74, 6) is 0.503. The van der Waals surface area contributed by atoms with Crippen LogP contribution in [0.4, 0.5) is 10.2 Å². The fourth-order valence-corrected chi connectivity index (χ4v) is 3.74. The predicted octanol–water partition coefficient (Wildman–Crippen LogP) is 3.71. The lowest BCUT2D eigenvalue weighted by molar-refractivity contribution is -0.126. The first-order valence-corrected chi connectivity index (χ1v) is 9.92. The first-order chi connectivity index (χ1) is 13.7. The Kier molecular flexibility index (Phi) is 5.43. The van der Waals surface area contributed by atoms with Crippen molar-refractivity contribution in [3.05, 3.63) is 71.4 Å². The summed E-state index contributed by atoms with van der Waals surface area (Å²) in [5, 5.41) is 10.7. The zero-order chi connectivity index (χ0) is 19.3. The number of aromatic nitrogens is 2. The molecule has 0 bridgehead atoms. The summed E-state index contributed by atoms with van der Waals surface area (Å²) in [4.78, 5) is 17.4. The first kappa shape index (κ1) is 18.3. The number of carbonyl (C=O) groups excluding carboxylic acids is 1. The molecule has 7 heteroatoms. The molecule has 142 valence electrons. The molecule has 1 fully saturated rings. The van der Waals surface area contributed by atoms with E-state index in [1.807, 2.05) is 34.5 Å². The fraction of sp³-hybridized carbons (Fsp3) is 0.190. The van der Waals surface area contributed by atoms with E-state index in [2.05, 4.69) is 15.1 Å². The fourth-order valence-electron chi connectivity index (χ4n) is 3.05. The van der Waals surface area contributed by atoms with Crippen LogP contribution in [0.5, 0.6) is 0 Å². The lowest BCUT2D eigenvalue weighted by Gasteiger charge is -2.34. The molecule has 1 aliphatic rings. The molecule has 5 nitrogen and oxygen atoms in total.